The molecule has 0 radical (unpaired) electrons. The van der Waals surface area contributed by atoms with Crippen molar-refractivity contribution in [2.45, 2.75) is 12.2 Å². The Morgan fingerprint density at radius 1 is 1.29 bits per heavy atom. The summed E-state index contributed by atoms with van der Waals surface area (Å²) in [7, 11) is 0. The molecule has 0 saturated carbocycles. The first-order chi connectivity index (χ1) is 11.3. The second-order valence-corrected chi connectivity index (χ2v) is 5.18. The third-order valence-corrected chi connectivity index (χ3v) is 3.49. The lowest BCUT2D eigenvalue weighted by Gasteiger charge is -2.34. The molecule has 24 heavy (non-hydrogen) atoms. The average Bonchev–Trinajstić information content (AvgIpc) is 2.51. The van der Waals surface area contributed by atoms with Gasteiger partial charge in [0.25, 0.3) is 0 Å². The second kappa shape index (κ2) is 7.75. The largest absolute Gasteiger partial charge is 0.405 e. The van der Waals surface area contributed by atoms with Gasteiger partial charge in [0.1, 0.15) is 17.7 Å². The van der Waals surface area contributed by atoms with E-state index in [0.29, 0.717) is 0 Å². The molecular weight excluding hydrogens is 335 g/mol. The molecule has 0 amide bonds. The molecule has 1 atom stereocenters. The number of nitrogens with two attached hydrogens (primary N) is 1. The zero-order valence-electron chi connectivity index (χ0n) is 12.6. The van der Waals surface area contributed by atoms with Crippen LogP contribution < -0.4 is 11.1 Å². The van der Waals surface area contributed by atoms with Crippen molar-refractivity contribution < 1.29 is 26.7 Å². The van der Waals surface area contributed by atoms with E-state index < -0.39 is 36.4 Å². The van der Waals surface area contributed by atoms with Gasteiger partial charge >= 0.3 is 6.18 Å². The number of aliphatic imine (C=N–C) groups is 1. The smallest absolute Gasteiger partial charge is 0.379 e. The lowest BCUT2D eigenvalue weighted by atomic mass is 10.2. The van der Waals surface area contributed by atoms with E-state index in [1.807, 2.05) is 0 Å². The van der Waals surface area contributed by atoms with E-state index in [0.717, 1.165) is 18.2 Å². The first kappa shape index (κ1) is 18.4. The summed E-state index contributed by atoms with van der Waals surface area (Å²) >= 11 is 0. The highest BCUT2D eigenvalue weighted by atomic mass is 19.4. The van der Waals surface area contributed by atoms with Gasteiger partial charge in [0, 0.05) is 19.2 Å². The minimum absolute atomic E-state index is 0.131. The molecule has 10 heteroatoms. The Hall–Kier alpha value is -1.94. The van der Waals surface area contributed by atoms with Gasteiger partial charge in [0.15, 0.2) is 5.96 Å². The molecule has 0 aliphatic carbocycles. The normalized spacial score (nSPS) is 18.5. The van der Waals surface area contributed by atoms with Gasteiger partial charge in [-0.3, -0.25) is 9.89 Å². The predicted molar refractivity (Wildman–Crippen MR) is 78.7 cm³/mol. The number of benzene rings is 1. The molecule has 134 valence electrons. The topological polar surface area (TPSA) is 62.9 Å². The molecule has 1 aliphatic rings. The number of nitrogens with one attached hydrogen (secondary N) is 1. The third kappa shape index (κ3) is 5.03. The zero-order chi connectivity index (χ0) is 17.7. The molecular formula is C14H17F5N4O. The van der Waals surface area contributed by atoms with Crippen molar-refractivity contribution in [2.24, 2.45) is 10.7 Å². The van der Waals surface area contributed by atoms with E-state index in [-0.39, 0.29) is 32.0 Å². The van der Waals surface area contributed by atoms with Gasteiger partial charge in [-0.2, -0.15) is 13.2 Å². The first-order valence-corrected chi connectivity index (χ1v) is 7.18. The lowest BCUT2D eigenvalue weighted by Crippen LogP contribution is -2.52. The van der Waals surface area contributed by atoms with Gasteiger partial charge in [-0.15, -0.1) is 0 Å². The van der Waals surface area contributed by atoms with Crippen molar-refractivity contribution in [1.29, 1.82) is 0 Å². The number of alkyl halides is 3. The van der Waals surface area contributed by atoms with Crippen LogP contribution in [0.4, 0.5) is 27.6 Å². The van der Waals surface area contributed by atoms with E-state index in [9.17, 15) is 22.0 Å². The minimum atomic E-state index is -4.49. The fourth-order valence-electron chi connectivity index (χ4n) is 2.27. The number of hydrogen-bond acceptors (Lipinski definition) is 3. The van der Waals surface area contributed by atoms with Crippen LogP contribution >= 0.6 is 0 Å². The highest BCUT2D eigenvalue weighted by molar-refractivity contribution is 5.92. The Balaban J connectivity index is 2.05. The monoisotopic (exact) mass is 352 g/mol. The molecule has 0 bridgehead atoms. The molecule has 1 unspecified atom stereocenters. The number of hydrogen-bond donors (Lipinski definition) is 2. The Labute approximate surface area is 135 Å². The van der Waals surface area contributed by atoms with Gasteiger partial charge in [0.2, 0.25) is 0 Å². The lowest BCUT2D eigenvalue weighted by molar-refractivity contribution is -0.188. The molecule has 1 aromatic rings. The third-order valence-electron chi connectivity index (χ3n) is 3.49. The molecule has 5 nitrogen and oxygen atoms in total. The number of ether oxygens (including phenoxy) is 1. The number of nitrogens with zero attached hydrogens (tertiary/aromatic N) is 2. The van der Waals surface area contributed by atoms with Crippen LogP contribution in [0.3, 0.4) is 0 Å². The van der Waals surface area contributed by atoms with E-state index in [4.69, 9.17) is 10.5 Å². The fourth-order valence-corrected chi connectivity index (χ4v) is 2.27. The SMILES string of the molecule is NC(=NCC(N1CCOCC1)C(F)(F)F)Nc1cc(F)ccc1F. The summed E-state index contributed by atoms with van der Waals surface area (Å²) in [5, 5.41) is 2.26. The molecule has 1 aromatic carbocycles. The molecule has 2 rings (SSSR count). The highest BCUT2D eigenvalue weighted by Gasteiger charge is 2.43. The number of guanidine groups is 1. The Morgan fingerprint density at radius 2 is 1.96 bits per heavy atom. The van der Waals surface area contributed by atoms with E-state index >= 15 is 0 Å². The summed E-state index contributed by atoms with van der Waals surface area (Å²) in [5.41, 5.74) is 5.19. The van der Waals surface area contributed by atoms with Crippen molar-refractivity contribution in [1.82, 2.24) is 4.90 Å². The van der Waals surface area contributed by atoms with Gasteiger partial charge in [0.05, 0.1) is 25.4 Å². The van der Waals surface area contributed by atoms with Crippen LogP contribution in [0.5, 0.6) is 0 Å². The van der Waals surface area contributed by atoms with Crippen LogP contribution in [0, 0.1) is 11.6 Å². The average molecular weight is 352 g/mol. The predicted octanol–water partition coefficient (Wildman–Crippen LogP) is 1.95. The van der Waals surface area contributed by atoms with Crippen molar-refractivity contribution >= 4 is 11.6 Å². The molecule has 1 heterocycles. The number of morpholine rings is 1. The van der Waals surface area contributed by atoms with Crippen LogP contribution in [-0.2, 0) is 4.74 Å². The zero-order valence-corrected chi connectivity index (χ0v) is 12.6. The summed E-state index contributed by atoms with van der Waals surface area (Å²) in [4.78, 5) is 4.84. The minimum Gasteiger partial charge on any atom is -0.379 e. The maximum atomic E-state index is 13.5. The molecule has 3 N–H and O–H groups in total. The first-order valence-electron chi connectivity index (χ1n) is 7.18. The van der Waals surface area contributed by atoms with Crippen molar-refractivity contribution in [3.05, 3.63) is 29.8 Å². The maximum Gasteiger partial charge on any atom is 0.405 e. The van der Waals surface area contributed by atoms with Crippen molar-refractivity contribution in [2.75, 3.05) is 38.2 Å². The quantitative estimate of drug-likeness (QED) is 0.494. The number of halogens is 5. The van der Waals surface area contributed by atoms with Crippen LogP contribution in [0.2, 0.25) is 0 Å². The maximum absolute atomic E-state index is 13.5. The van der Waals surface area contributed by atoms with Gasteiger partial charge in [-0.25, -0.2) is 8.78 Å². The summed E-state index contributed by atoms with van der Waals surface area (Å²) in [6.45, 7) is 0.0213. The fraction of sp³-hybridized carbons (Fsp3) is 0.500. The second-order valence-electron chi connectivity index (χ2n) is 5.18. The molecule has 1 aliphatic heterocycles. The number of anilines is 1. The van der Waals surface area contributed by atoms with Gasteiger partial charge < -0.3 is 15.8 Å². The van der Waals surface area contributed by atoms with E-state index in [1.54, 1.807) is 0 Å². The molecule has 0 spiro atoms. The van der Waals surface area contributed by atoms with Gasteiger partial charge in [-0.1, -0.05) is 0 Å². The van der Waals surface area contributed by atoms with Crippen LogP contribution in [0.25, 0.3) is 0 Å². The van der Waals surface area contributed by atoms with E-state index in [2.05, 4.69) is 10.3 Å². The van der Waals surface area contributed by atoms with Crippen LogP contribution in [0.1, 0.15) is 0 Å². The van der Waals surface area contributed by atoms with Crippen molar-refractivity contribution in [3.8, 4) is 0 Å². The van der Waals surface area contributed by atoms with E-state index in [1.165, 1.54) is 4.90 Å². The summed E-state index contributed by atoms with van der Waals surface area (Å²) in [5.74, 6) is -1.94. The Kier molecular flexibility index (Phi) is 5.94. The standard InChI is InChI=1S/C14H17F5N4O/c15-9-1-2-10(16)11(7-9)22-13(20)21-8-12(14(17,18)19)23-3-5-24-6-4-23/h1-2,7,12H,3-6,8H2,(H3,20,21,22). The number of rotatable bonds is 4. The van der Waals surface area contributed by atoms with Gasteiger partial charge in [-0.05, 0) is 12.1 Å². The molecule has 1 fully saturated rings. The molecule has 1 saturated heterocycles. The van der Waals surface area contributed by atoms with Crippen molar-refractivity contribution in [3.63, 3.8) is 0 Å². The summed E-state index contributed by atoms with van der Waals surface area (Å²) in [6, 6.07) is 0.795. The summed E-state index contributed by atoms with van der Waals surface area (Å²) < 4.78 is 71.1. The van der Waals surface area contributed by atoms with Crippen LogP contribution in [-0.4, -0.2) is 55.9 Å². The van der Waals surface area contributed by atoms with Crippen LogP contribution in [0.15, 0.2) is 23.2 Å². The molecule has 0 aromatic heterocycles. The Morgan fingerprint density at radius 3 is 2.58 bits per heavy atom. The summed E-state index contributed by atoms with van der Waals surface area (Å²) in [6.07, 6.45) is -4.49. The Bertz CT molecular complexity index is 587. The highest BCUT2D eigenvalue weighted by Crippen LogP contribution is 2.26.